The number of oxazole rings is 1. The van der Waals surface area contributed by atoms with Gasteiger partial charge in [0.1, 0.15) is 6.26 Å². The van der Waals surface area contributed by atoms with Crippen LogP contribution in [0.25, 0.3) is 11.5 Å². The molecule has 4 rings (SSSR count). The SMILES string of the molecule is O=C(c1coc(-c2ccc(CNC(=O)C(F)(F)c3cccs3)cc2)n1)N1CCCC(F)(F)C1. The molecule has 0 aliphatic carbocycles. The summed E-state index contributed by atoms with van der Waals surface area (Å²) in [6.07, 6.45) is 1.07. The molecule has 0 spiro atoms. The summed E-state index contributed by atoms with van der Waals surface area (Å²) in [5.41, 5.74) is 0.986. The Balaban J connectivity index is 1.37. The molecule has 0 unspecified atom stereocenters. The summed E-state index contributed by atoms with van der Waals surface area (Å²) >= 11 is 0.800. The van der Waals surface area contributed by atoms with Gasteiger partial charge in [0.15, 0.2) is 5.69 Å². The predicted octanol–water partition coefficient (Wildman–Crippen LogP) is 4.68. The van der Waals surface area contributed by atoms with E-state index in [9.17, 15) is 27.2 Å². The zero-order valence-corrected chi connectivity index (χ0v) is 18.0. The molecular weight excluding hydrogens is 462 g/mol. The van der Waals surface area contributed by atoms with Gasteiger partial charge in [-0.05, 0) is 35.6 Å². The van der Waals surface area contributed by atoms with Crippen LogP contribution in [0.15, 0.2) is 52.5 Å². The molecule has 1 saturated heterocycles. The molecule has 1 aromatic carbocycles. The number of hydrogen-bond donors (Lipinski definition) is 1. The van der Waals surface area contributed by atoms with Crippen molar-refractivity contribution in [1.82, 2.24) is 15.2 Å². The number of carbonyl (C=O) groups excluding carboxylic acids is 2. The van der Waals surface area contributed by atoms with Gasteiger partial charge in [-0.25, -0.2) is 13.8 Å². The molecular formula is C22H19F4N3O3S. The molecule has 0 radical (unpaired) electrons. The molecule has 3 aromatic rings. The summed E-state index contributed by atoms with van der Waals surface area (Å²) in [5, 5.41) is 3.69. The number of hydrogen-bond acceptors (Lipinski definition) is 5. The van der Waals surface area contributed by atoms with Gasteiger partial charge < -0.3 is 14.6 Å². The molecule has 11 heteroatoms. The van der Waals surface area contributed by atoms with E-state index in [-0.39, 0.29) is 42.4 Å². The number of nitrogens with zero attached hydrogens (tertiary/aromatic N) is 2. The van der Waals surface area contributed by atoms with Crippen molar-refractivity contribution in [3.8, 4) is 11.5 Å². The Hall–Kier alpha value is -3.21. The average molecular weight is 481 g/mol. The van der Waals surface area contributed by atoms with Gasteiger partial charge in [-0.15, -0.1) is 11.3 Å². The largest absolute Gasteiger partial charge is 0.444 e. The lowest BCUT2D eigenvalue weighted by atomic mass is 10.1. The summed E-state index contributed by atoms with van der Waals surface area (Å²) in [7, 11) is 0. The van der Waals surface area contributed by atoms with E-state index in [0.717, 1.165) is 22.5 Å². The molecule has 2 aromatic heterocycles. The van der Waals surface area contributed by atoms with Crippen molar-refractivity contribution in [2.24, 2.45) is 0 Å². The third-order valence-corrected chi connectivity index (χ3v) is 6.11. The number of alkyl halides is 4. The first kappa shape index (κ1) is 23.0. The van der Waals surface area contributed by atoms with Crippen molar-refractivity contribution >= 4 is 23.2 Å². The standard InChI is InChI=1S/C22H19F4N3O3S/c23-21(24)8-2-9-29(13-21)19(30)16-12-32-18(28-16)15-6-4-14(5-7-15)11-27-20(31)22(25,26)17-3-1-10-33-17/h1,3-7,10,12H,2,8-9,11,13H2,(H,27,31). The van der Waals surface area contributed by atoms with E-state index >= 15 is 0 Å². The van der Waals surface area contributed by atoms with Crippen molar-refractivity contribution in [3.05, 3.63) is 64.2 Å². The first-order chi connectivity index (χ1) is 15.7. The molecule has 33 heavy (non-hydrogen) atoms. The van der Waals surface area contributed by atoms with Crippen LogP contribution in [0.4, 0.5) is 17.6 Å². The Bertz CT molecular complexity index is 1130. The maximum Gasteiger partial charge on any atom is 0.358 e. The van der Waals surface area contributed by atoms with Crippen LogP contribution in [0.2, 0.25) is 0 Å². The smallest absolute Gasteiger partial charge is 0.358 e. The van der Waals surface area contributed by atoms with E-state index < -0.39 is 30.2 Å². The van der Waals surface area contributed by atoms with E-state index in [1.54, 1.807) is 24.3 Å². The van der Waals surface area contributed by atoms with Crippen molar-refractivity contribution in [2.45, 2.75) is 31.2 Å². The predicted molar refractivity (Wildman–Crippen MR) is 112 cm³/mol. The number of aromatic nitrogens is 1. The van der Waals surface area contributed by atoms with Crippen molar-refractivity contribution in [3.63, 3.8) is 0 Å². The van der Waals surface area contributed by atoms with Crippen LogP contribution in [0, 0.1) is 0 Å². The van der Waals surface area contributed by atoms with E-state index in [1.165, 1.54) is 17.5 Å². The van der Waals surface area contributed by atoms with Crippen LogP contribution < -0.4 is 5.32 Å². The number of piperidine rings is 1. The zero-order chi connectivity index (χ0) is 23.6. The molecule has 174 valence electrons. The van der Waals surface area contributed by atoms with E-state index in [1.807, 2.05) is 0 Å². The van der Waals surface area contributed by atoms with Gasteiger partial charge in [0.2, 0.25) is 5.89 Å². The van der Waals surface area contributed by atoms with Crippen LogP contribution in [0.3, 0.4) is 0 Å². The molecule has 0 bridgehead atoms. The van der Waals surface area contributed by atoms with Crippen LogP contribution in [0.1, 0.15) is 33.8 Å². The molecule has 0 saturated carbocycles. The second-order valence-electron chi connectivity index (χ2n) is 7.66. The minimum absolute atomic E-state index is 0.0742. The summed E-state index contributed by atoms with van der Waals surface area (Å²) in [6, 6.07) is 9.02. The lowest BCUT2D eigenvalue weighted by Gasteiger charge is -2.31. The fraction of sp³-hybridized carbons (Fsp3) is 0.318. The lowest BCUT2D eigenvalue weighted by molar-refractivity contribution is -0.146. The van der Waals surface area contributed by atoms with Gasteiger partial charge in [-0.2, -0.15) is 8.78 Å². The van der Waals surface area contributed by atoms with Gasteiger partial charge in [-0.1, -0.05) is 18.2 Å². The third kappa shape index (κ3) is 5.08. The average Bonchev–Trinajstić information content (AvgIpc) is 3.49. The Labute approximate surface area is 190 Å². The third-order valence-electron chi connectivity index (χ3n) is 5.17. The summed E-state index contributed by atoms with van der Waals surface area (Å²) in [6.45, 7) is -0.541. The van der Waals surface area contributed by atoms with Gasteiger partial charge in [0.25, 0.3) is 17.7 Å². The number of rotatable bonds is 6. The molecule has 1 aliphatic rings. The van der Waals surface area contributed by atoms with Crippen LogP contribution in [-0.4, -0.2) is 40.7 Å². The molecule has 0 atom stereocenters. The number of carbonyl (C=O) groups is 2. The Morgan fingerprint density at radius 2 is 1.97 bits per heavy atom. The first-order valence-electron chi connectivity index (χ1n) is 10.1. The number of benzene rings is 1. The van der Waals surface area contributed by atoms with Crippen molar-refractivity contribution < 1.29 is 31.6 Å². The summed E-state index contributed by atoms with van der Waals surface area (Å²) in [4.78, 5) is 29.2. The summed E-state index contributed by atoms with van der Waals surface area (Å²) in [5.74, 6) is -8.45. The zero-order valence-electron chi connectivity index (χ0n) is 17.2. The fourth-order valence-electron chi connectivity index (χ4n) is 3.43. The molecule has 2 amide bonds. The van der Waals surface area contributed by atoms with E-state index in [2.05, 4.69) is 10.3 Å². The number of nitrogens with one attached hydrogen (secondary N) is 1. The molecule has 3 heterocycles. The quantitative estimate of drug-likeness (QED) is 0.519. The highest BCUT2D eigenvalue weighted by atomic mass is 32.1. The Morgan fingerprint density at radius 3 is 2.64 bits per heavy atom. The maximum atomic E-state index is 14.1. The maximum absolute atomic E-state index is 14.1. The van der Waals surface area contributed by atoms with E-state index in [0.29, 0.717) is 11.1 Å². The normalized spacial score (nSPS) is 15.9. The molecule has 1 N–H and O–H groups in total. The van der Waals surface area contributed by atoms with Gasteiger partial charge in [-0.3, -0.25) is 9.59 Å². The monoisotopic (exact) mass is 481 g/mol. The van der Waals surface area contributed by atoms with Crippen LogP contribution in [-0.2, 0) is 17.3 Å². The molecule has 1 aliphatic heterocycles. The highest BCUT2D eigenvalue weighted by Crippen LogP contribution is 2.32. The molecule has 6 nitrogen and oxygen atoms in total. The second-order valence-corrected chi connectivity index (χ2v) is 8.60. The van der Waals surface area contributed by atoms with Gasteiger partial charge >= 0.3 is 5.92 Å². The van der Waals surface area contributed by atoms with Gasteiger partial charge in [0.05, 0.1) is 11.4 Å². The number of halogens is 4. The highest BCUT2D eigenvalue weighted by molar-refractivity contribution is 7.10. The highest BCUT2D eigenvalue weighted by Gasteiger charge is 2.41. The lowest BCUT2D eigenvalue weighted by Crippen LogP contribution is -2.45. The first-order valence-corrected chi connectivity index (χ1v) is 11.0. The minimum atomic E-state index is -3.62. The fourth-order valence-corrected chi connectivity index (χ4v) is 4.14. The number of likely N-dealkylation sites (tertiary alicyclic amines) is 1. The van der Waals surface area contributed by atoms with Crippen molar-refractivity contribution in [2.75, 3.05) is 13.1 Å². The van der Waals surface area contributed by atoms with Crippen LogP contribution in [0.5, 0.6) is 0 Å². The van der Waals surface area contributed by atoms with Crippen molar-refractivity contribution in [1.29, 1.82) is 0 Å². The van der Waals surface area contributed by atoms with Gasteiger partial charge in [0, 0.05) is 25.1 Å². The second kappa shape index (κ2) is 8.97. The Kier molecular flexibility index (Phi) is 6.24. The van der Waals surface area contributed by atoms with E-state index in [4.69, 9.17) is 4.42 Å². The Morgan fingerprint density at radius 1 is 1.21 bits per heavy atom. The number of amides is 2. The topological polar surface area (TPSA) is 75.4 Å². The van der Waals surface area contributed by atoms with Crippen LogP contribution >= 0.6 is 11.3 Å². The number of thiophene rings is 1. The minimum Gasteiger partial charge on any atom is -0.444 e. The summed E-state index contributed by atoms with van der Waals surface area (Å²) < 4.78 is 60.7. The molecule has 1 fully saturated rings.